The van der Waals surface area contributed by atoms with Crippen LogP contribution in [0.25, 0.3) is 0 Å². The van der Waals surface area contributed by atoms with Crippen LogP contribution in [0.5, 0.6) is 0 Å². The molecule has 2 heterocycles. The Morgan fingerprint density at radius 3 is 2.90 bits per heavy atom. The first kappa shape index (κ1) is 15.6. The van der Waals surface area contributed by atoms with Gasteiger partial charge in [0.15, 0.2) is 0 Å². The molecule has 2 rings (SSSR count). The molecule has 1 fully saturated rings. The molecule has 4 atom stereocenters. The number of rotatable bonds is 6. The first-order valence-electron chi connectivity index (χ1n) is 8.15. The molecule has 1 aromatic heterocycles. The van der Waals surface area contributed by atoms with Crippen molar-refractivity contribution in [3.8, 4) is 0 Å². The lowest BCUT2D eigenvalue weighted by Gasteiger charge is -2.46. The second-order valence-corrected chi connectivity index (χ2v) is 6.26. The Morgan fingerprint density at radius 1 is 1.45 bits per heavy atom. The maximum Gasteiger partial charge on any atom is 0.103 e. The first-order valence-corrected chi connectivity index (χ1v) is 8.15. The maximum atomic E-state index is 5.44. The van der Waals surface area contributed by atoms with Crippen molar-refractivity contribution in [1.29, 1.82) is 0 Å². The highest BCUT2D eigenvalue weighted by Crippen LogP contribution is 2.26. The standard InChI is InChI=1S/C17H30N2O/c1-5-18-17-10-11-19(15(4)14(17)3)13(2)8-9-16-7-6-12-20-16/h6-7,12-15,17-18H,5,8-11H2,1-4H3. The zero-order chi connectivity index (χ0) is 14.5. The van der Waals surface area contributed by atoms with E-state index in [1.807, 2.05) is 6.07 Å². The number of hydrogen-bond donors (Lipinski definition) is 1. The van der Waals surface area contributed by atoms with Crippen molar-refractivity contribution in [1.82, 2.24) is 10.2 Å². The summed E-state index contributed by atoms with van der Waals surface area (Å²) in [7, 11) is 0. The van der Waals surface area contributed by atoms with Crippen molar-refractivity contribution in [2.45, 2.75) is 65.1 Å². The fraction of sp³-hybridized carbons (Fsp3) is 0.765. The highest BCUT2D eigenvalue weighted by atomic mass is 16.3. The smallest absolute Gasteiger partial charge is 0.103 e. The maximum absolute atomic E-state index is 5.44. The number of piperidine rings is 1. The van der Waals surface area contributed by atoms with Gasteiger partial charge < -0.3 is 9.73 Å². The van der Waals surface area contributed by atoms with Crippen LogP contribution in [-0.4, -0.2) is 36.1 Å². The minimum Gasteiger partial charge on any atom is -0.469 e. The molecule has 0 spiro atoms. The third-order valence-electron chi connectivity index (χ3n) is 5.04. The summed E-state index contributed by atoms with van der Waals surface area (Å²) in [6, 6.07) is 6.02. The summed E-state index contributed by atoms with van der Waals surface area (Å²) in [6.07, 6.45) is 5.26. The lowest BCUT2D eigenvalue weighted by atomic mass is 9.85. The van der Waals surface area contributed by atoms with Gasteiger partial charge in [-0.1, -0.05) is 13.8 Å². The van der Waals surface area contributed by atoms with Gasteiger partial charge in [0.1, 0.15) is 5.76 Å². The largest absolute Gasteiger partial charge is 0.469 e. The van der Waals surface area contributed by atoms with E-state index in [9.17, 15) is 0 Å². The Kier molecular flexibility index (Phi) is 5.67. The Balaban J connectivity index is 1.85. The summed E-state index contributed by atoms with van der Waals surface area (Å²) in [5.41, 5.74) is 0. The molecular weight excluding hydrogens is 248 g/mol. The van der Waals surface area contributed by atoms with Crippen molar-refractivity contribution in [2.75, 3.05) is 13.1 Å². The van der Waals surface area contributed by atoms with Gasteiger partial charge in [-0.2, -0.15) is 0 Å². The van der Waals surface area contributed by atoms with Gasteiger partial charge in [-0.3, -0.25) is 4.90 Å². The number of nitrogens with zero attached hydrogens (tertiary/aromatic N) is 1. The molecule has 3 heteroatoms. The summed E-state index contributed by atoms with van der Waals surface area (Å²) >= 11 is 0. The highest BCUT2D eigenvalue weighted by molar-refractivity contribution is 4.99. The minimum absolute atomic E-state index is 0.625. The molecule has 0 amide bonds. The van der Waals surface area contributed by atoms with Gasteiger partial charge in [-0.05, 0) is 51.3 Å². The van der Waals surface area contributed by atoms with Crippen LogP contribution in [0.3, 0.4) is 0 Å². The molecule has 0 aromatic carbocycles. The zero-order valence-electron chi connectivity index (χ0n) is 13.4. The van der Waals surface area contributed by atoms with Gasteiger partial charge >= 0.3 is 0 Å². The number of aryl methyl sites for hydroxylation is 1. The van der Waals surface area contributed by atoms with E-state index >= 15 is 0 Å². The lowest BCUT2D eigenvalue weighted by Crippen LogP contribution is -2.55. The molecule has 1 aliphatic rings. The lowest BCUT2D eigenvalue weighted by molar-refractivity contribution is 0.0499. The van der Waals surface area contributed by atoms with E-state index in [2.05, 4.69) is 44.0 Å². The van der Waals surface area contributed by atoms with Crippen LogP contribution in [0.4, 0.5) is 0 Å². The van der Waals surface area contributed by atoms with Crippen LogP contribution < -0.4 is 5.32 Å². The van der Waals surface area contributed by atoms with E-state index in [4.69, 9.17) is 4.42 Å². The molecule has 114 valence electrons. The van der Waals surface area contributed by atoms with Crippen LogP contribution in [-0.2, 0) is 6.42 Å². The molecule has 20 heavy (non-hydrogen) atoms. The fourth-order valence-electron chi connectivity index (χ4n) is 3.54. The Hall–Kier alpha value is -0.800. The summed E-state index contributed by atoms with van der Waals surface area (Å²) in [4.78, 5) is 2.68. The molecule has 0 saturated carbocycles. The third-order valence-corrected chi connectivity index (χ3v) is 5.04. The predicted octanol–water partition coefficient (Wildman–Crippen LogP) is 3.31. The Labute approximate surface area is 123 Å². The predicted molar refractivity (Wildman–Crippen MR) is 83.9 cm³/mol. The van der Waals surface area contributed by atoms with E-state index in [1.165, 1.54) is 19.4 Å². The van der Waals surface area contributed by atoms with E-state index in [-0.39, 0.29) is 0 Å². The third kappa shape index (κ3) is 3.64. The highest BCUT2D eigenvalue weighted by Gasteiger charge is 2.33. The molecule has 1 saturated heterocycles. The van der Waals surface area contributed by atoms with E-state index in [0.29, 0.717) is 18.1 Å². The topological polar surface area (TPSA) is 28.4 Å². The number of nitrogens with one attached hydrogen (secondary N) is 1. The second kappa shape index (κ2) is 7.28. The number of hydrogen-bond acceptors (Lipinski definition) is 3. The normalized spacial score (nSPS) is 29.5. The van der Waals surface area contributed by atoms with Crippen molar-refractivity contribution < 1.29 is 4.42 Å². The van der Waals surface area contributed by atoms with E-state index in [1.54, 1.807) is 6.26 Å². The van der Waals surface area contributed by atoms with Gasteiger partial charge in [-0.15, -0.1) is 0 Å². The average molecular weight is 278 g/mol. The summed E-state index contributed by atoms with van der Waals surface area (Å²) in [5, 5.41) is 3.64. The molecule has 0 bridgehead atoms. The first-order chi connectivity index (χ1) is 9.63. The van der Waals surface area contributed by atoms with E-state index < -0.39 is 0 Å². The van der Waals surface area contributed by atoms with Crippen molar-refractivity contribution >= 4 is 0 Å². The Bertz CT molecular complexity index is 376. The molecule has 1 aromatic rings. The van der Waals surface area contributed by atoms with Gasteiger partial charge in [0.2, 0.25) is 0 Å². The minimum atomic E-state index is 0.625. The van der Waals surface area contributed by atoms with Crippen molar-refractivity contribution in [3.63, 3.8) is 0 Å². The Morgan fingerprint density at radius 2 is 2.25 bits per heavy atom. The van der Waals surface area contributed by atoms with Gasteiger partial charge in [0.25, 0.3) is 0 Å². The molecule has 1 N–H and O–H groups in total. The van der Waals surface area contributed by atoms with Crippen LogP contribution in [0.2, 0.25) is 0 Å². The van der Waals surface area contributed by atoms with Crippen LogP contribution in [0.15, 0.2) is 22.8 Å². The molecule has 0 radical (unpaired) electrons. The molecular formula is C17H30N2O. The zero-order valence-corrected chi connectivity index (χ0v) is 13.4. The average Bonchev–Trinajstić information content (AvgIpc) is 2.95. The fourth-order valence-corrected chi connectivity index (χ4v) is 3.54. The number of furan rings is 1. The monoisotopic (exact) mass is 278 g/mol. The van der Waals surface area contributed by atoms with Crippen LogP contribution in [0.1, 0.15) is 46.3 Å². The SMILES string of the molecule is CCNC1CCN(C(C)CCc2ccco2)C(C)C1C. The molecule has 3 nitrogen and oxygen atoms in total. The summed E-state index contributed by atoms with van der Waals surface area (Å²) in [5.74, 6) is 1.83. The molecule has 0 aliphatic carbocycles. The van der Waals surface area contributed by atoms with Crippen LogP contribution in [0, 0.1) is 5.92 Å². The van der Waals surface area contributed by atoms with Gasteiger partial charge in [-0.25, -0.2) is 0 Å². The second-order valence-electron chi connectivity index (χ2n) is 6.26. The van der Waals surface area contributed by atoms with Crippen molar-refractivity contribution in [3.05, 3.63) is 24.2 Å². The van der Waals surface area contributed by atoms with Crippen LogP contribution >= 0.6 is 0 Å². The van der Waals surface area contributed by atoms with Gasteiger partial charge in [0.05, 0.1) is 6.26 Å². The quantitative estimate of drug-likeness (QED) is 0.865. The summed E-state index contributed by atoms with van der Waals surface area (Å²) in [6.45, 7) is 11.6. The van der Waals surface area contributed by atoms with E-state index in [0.717, 1.165) is 24.6 Å². The number of likely N-dealkylation sites (tertiary alicyclic amines) is 1. The molecule has 1 aliphatic heterocycles. The van der Waals surface area contributed by atoms with Crippen molar-refractivity contribution in [2.24, 2.45) is 5.92 Å². The van der Waals surface area contributed by atoms with Gasteiger partial charge in [0, 0.05) is 31.1 Å². The summed E-state index contributed by atoms with van der Waals surface area (Å²) < 4.78 is 5.44. The molecule has 4 unspecified atom stereocenters.